The second kappa shape index (κ2) is 6.12. The van der Waals surface area contributed by atoms with Gasteiger partial charge in [-0.25, -0.2) is 0 Å². The van der Waals surface area contributed by atoms with E-state index in [4.69, 9.17) is 16.7 Å². The Kier molecular flexibility index (Phi) is 5.10. The van der Waals surface area contributed by atoms with Crippen molar-refractivity contribution in [1.82, 2.24) is 0 Å². The summed E-state index contributed by atoms with van der Waals surface area (Å²) in [4.78, 5) is 2.16. The number of anilines is 1. The number of aliphatic hydroxyl groups is 1. The van der Waals surface area contributed by atoms with E-state index in [1.54, 1.807) is 0 Å². The van der Waals surface area contributed by atoms with Crippen molar-refractivity contribution in [3.8, 4) is 0 Å². The van der Waals surface area contributed by atoms with Crippen LogP contribution >= 0.6 is 11.6 Å². The molecule has 1 rings (SSSR count). The van der Waals surface area contributed by atoms with Crippen molar-refractivity contribution in [3.63, 3.8) is 0 Å². The van der Waals surface area contributed by atoms with Gasteiger partial charge in [0.1, 0.15) is 0 Å². The molecule has 1 N–H and O–H groups in total. The maximum absolute atomic E-state index is 9.00. The molecule has 0 radical (unpaired) electrons. The molecule has 0 unspecified atom stereocenters. The Labute approximate surface area is 103 Å². The lowest BCUT2D eigenvalue weighted by atomic mass is 10.1. The first-order valence-electron chi connectivity index (χ1n) is 5.65. The molecule has 0 aromatic heterocycles. The molecular formula is C13H20ClNO. The third-order valence-corrected chi connectivity index (χ3v) is 2.95. The zero-order chi connectivity index (χ0) is 12.1. The average Bonchev–Trinajstić information content (AvgIpc) is 2.25. The molecule has 0 amide bonds. The van der Waals surface area contributed by atoms with Crippen LogP contribution in [-0.2, 0) is 6.61 Å². The van der Waals surface area contributed by atoms with Crippen molar-refractivity contribution >= 4 is 17.3 Å². The Balaban J connectivity index is 2.71. The smallest absolute Gasteiger partial charge is 0.0682 e. The standard InChI is InChI=1S/C13H20ClNO/c1-10(2)6-7-15(3)13-5-4-11(9-16)8-12(13)14/h4-5,8,10,16H,6-7,9H2,1-3H3. The number of hydrogen-bond acceptors (Lipinski definition) is 2. The fraction of sp³-hybridized carbons (Fsp3) is 0.538. The van der Waals surface area contributed by atoms with Gasteiger partial charge in [-0.3, -0.25) is 0 Å². The van der Waals surface area contributed by atoms with Gasteiger partial charge in [-0.15, -0.1) is 0 Å². The highest BCUT2D eigenvalue weighted by molar-refractivity contribution is 6.33. The minimum absolute atomic E-state index is 0.0374. The van der Waals surface area contributed by atoms with Gasteiger partial charge in [0.2, 0.25) is 0 Å². The van der Waals surface area contributed by atoms with Crippen molar-refractivity contribution in [2.45, 2.75) is 26.9 Å². The minimum Gasteiger partial charge on any atom is -0.392 e. The van der Waals surface area contributed by atoms with Gasteiger partial charge in [0.05, 0.1) is 17.3 Å². The molecule has 0 spiro atoms. The predicted molar refractivity (Wildman–Crippen MR) is 70.1 cm³/mol. The van der Waals surface area contributed by atoms with Crippen LogP contribution in [0.5, 0.6) is 0 Å². The monoisotopic (exact) mass is 241 g/mol. The van der Waals surface area contributed by atoms with Crippen LogP contribution in [-0.4, -0.2) is 18.7 Å². The maximum atomic E-state index is 9.00. The summed E-state index contributed by atoms with van der Waals surface area (Å²) in [6.45, 7) is 5.46. The summed E-state index contributed by atoms with van der Waals surface area (Å²) in [5.41, 5.74) is 1.88. The molecule has 0 aliphatic heterocycles. The summed E-state index contributed by atoms with van der Waals surface area (Å²) in [6, 6.07) is 5.70. The molecule has 0 saturated heterocycles. The third kappa shape index (κ3) is 3.69. The first-order valence-corrected chi connectivity index (χ1v) is 6.02. The van der Waals surface area contributed by atoms with Gasteiger partial charge in [-0.05, 0) is 30.0 Å². The molecule has 0 aliphatic carbocycles. The SMILES string of the molecule is CC(C)CCN(C)c1ccc(CO)cc1Cl. The quantitative estimate of drug-likeness (QED) is 0.855. The zero-order valence-corrected chi connectivity index (χ0v) is 11.0. The number of nitrogens with zero attached hydrogens (tertiary/aromatic N) is 1. The van der Waals surface area contributed by atoms with E-state index < -0.39 is 0 Å². The second-order valence-electron chi connectivity index (χ2n) is 4.55. The van der Waals surface area contributed by atoms with E-state index in [9.17, 15) is 0 Å². The zero-order valence-electron chi connectivity index (χ0n) is 10.2. The van der Waals surface area contributed by atoms with Gasteiger partial charge < -0.3 is 10.0 Å². The van der Waals surface area contributed by atoms with Gasteiger partial charge in [-0.2, -0.15) is 0 Å². The number of benzene rings is 1. The predicted octanol–water partition coefficient (Wildman–Crippen LogP) is 3.31. The van der Waals surface area contributed by atoms with E-state index in [1.807, 2.05) is 25.2 Å². The minimum atomic E-state index is 0.0374. The summed E-state index contributed by atoms with van der Waals surface area (Å²) in [7, 11) is 2.04. The first-order chi connectivity index (χ1) is 7.54. The lowest BCUT2D eigenvalue weighted by molar-refractivity contribution is 0.282. The molecule has 0 atom stereocenters. The van der Waals surface area contributed by atoms with Gasteiger partial charge >= 0.3 is 0 Å². The summed E-state index contributed by atoms with van der Waals surface area (Å²) in [5.74, 6) is 0.693. The highest BCUT2D eigenvalue weighted by atomic mass is 35.5. The van der Waals surface area contributed by atoms with Crippen LogP contribution in [0.15, 0.2) is 18.2 Å². The van der Waals surface area contributed by atoms with E-state index in [2.05, 4.69) is 18.7 Å². The molecule has 1 aromatic rings. The summed E-state index contributed by atoms with van der Waals surface area (Å²) in [5, 5.41) is 9.70. The number of hydrogen-bond donors (Lipinski definition) is 1. The number of aliphatic hydroxyl groups excluding tert-OH is 1. The molecule has 2 nitrogen and oxygen atoms in total. The Morgan fingerprint density at radius 3 is 2.56 bits per heavy atom. The molecule has 0 heterocycles. The van der Waals surface area contributed by atoms with E-state index in [1.165, 1.54) is 0 Å². The largest absolute Gasteiger partial charge is 0.392 e. The van der Waals surface area contributed by atoms with Gasteiger partial charge in [0.15, 0.2) is 0 Å². The summed E-state index contributed by atoms with van der Waals surface area (Å²) >= 11 is 6.17. The highest BCUT2D eigenvalue weighted by Gasteiger charge is 2.07. The molecular weight excluding hydrogens is 222 g/mol. The van der Waals surface area contributed by atoms with Crippen molar-refractivity contribution in [1.29, 1.82) is 0 Å². The topological polar surface area (TPSA) is 23.5 Å². The normalized spacial score (nSPS) is 10.9. The molecule has 0 aliphatic rings. The lowest BCUT2D eigenvalue weighted by Gasteiger charge is -2.21. The van der Waals surface area contributed by atoms with Crippen molar-refractivity contribution in [2.75, 3.05) is 18.5 Å². The fourth-order valence-corrected chi connectivity index (χ4v) is 1.88. The summed E-state index contributed by atoms with van der Waals surface area (Å²) < 4.78 is 0. The van der Waals surface area contributed by atoms with E-state index in [-0.39, 0.29) is 6.61 Å². The molecule has 0 saturated carbocycles. The number of rotatable bonds is 5. The van der Waals surface area contributed by atoms with Crippen molar-refractivity contribution in [2.24, 2.45) is 5.92 Å². The van der Waals surface area contributed by atoms with E-state index >= 15 is 0 Å². The van der Waals surface area contributed by atoms with Gasteiger partial charge in [0.25, 0.3) is 0 Å². The van der Waals surface area contributed by atoms with E-state index in [0.29, 0.717) is 10.9 Å². The van der Waals surface area contributed by atoms with Crippen LogP contribution in [0.3, 0.4) is 0 Å². The first kappa shape index (κ1) is 13.3. The third-order valence-electron chi connectivity index (χ3n) is 2.65. The van der Waals surface area contributed by atoms with Crippen LogP contribution in [0.25, 0.3) is 0 Å². The average molecular weight is 242 g/mol. The van der Waals surface area contributed by atoms with Crippen LogP contribution in [0.1, 0.15) is 25.8 Å². The molecule has 3 heteroatoms. The Morgan fingerprint density at radius 2 is 2.06 bits per heavy atom. The Bertz CT molecular complexity index is 339. The molecule has 90 valence electrons. The second-order valence-corrected chi connectivity index (χ2v) is 4.96. The van der Waals surface area contributed by atoms with Crippen molar-refractivity contribution in [3.05, 3.63) is 28.8 Å². The number of halogens is 1. The van der Waals surface area contributed by atoms with Crippen LogP contribution < -0.4 is 4.90 Å². The van der Waals surface area contributed by atoms with Gasteiger partial charge in [0, 0.05) is 13.6 Å². The molecule has 16 heavy (non-hydrogen) atoms. The molecule has 1 aromatic carbocycles. The lowest BCUT2D eigenvalue weighted by Crippen LogP contribution is -2.20. The van der Waals surface area contributed by atoms with Crippen LogP contribution in [0.2, 0.25) is 5.02 Å². The molecule has 0 fully saturated rings. The fourth-order valence-electron chi connectivity index (χ4n) is 1.53. The van der Waals surface area contributed by atoms with Crippen molar-refractivity contribution < 1.29 is 5.11 Å². The van der Waals surface area contributed by atoms with Gasteiger partial charge in [-0.1, -0.05) is 31.5 Å². The molecule has 0 bridgehead atoms. The Morgan fingerprint density at radius 1 is 1.38 bits per heavy atom. The van der Waals surface area contributed by atoms with Crippen LogP contribution in [0.4, 0.5) is 5.69 Å². The maximum Gasteiger partial charge on any atom is 0.0682 e. The van der Waals surface area contributed by atoms with E-state index in [0.717, 1.165) is 24.2 Å². The Hall–Kier alpha value is -0.730. The highest BCUT2D eigenvalue weighted by Crippen LogP contribution is 2.26. The summed E-state index contributed by atoms with van der Waals surface area (Å²) in [6.07, 6.45) is 1.15. The van der Waals surface area contributed by atoms with Crippen LogP contribution in [0, 0.1) is 5.92 Å².